The van der Waals surface area contributed by atoms with Gasteiger partial charge in [-0.15, -0.1) is 24.0 Å². The molecule has 30 heavy (non-hydrogen) atoms. The van der Waals surface area contributed by atoms with E-state index in [1.165, 1.54) is 12.6 Å². The maximum absolute atomic E-state index is 11.8. The van der Waals surface area contributed by atoms with Gasteiger partial charge in [-0.25, -0.2) is 18.1 Å². The zero-order chi connectivity index (χ0) is 21.3. The fourth-order valence-corrected chi connectivity index (χ4v) is 3.68. The summed E-state index contributed by atoms with van der Waals surface area (Å²) >= 11 is 0. The van der Waals surface area contributed by atoms with E-state index in [4.69, 9.17) is 0 Å². The molecular formula is C22H33IN4O2S. The minimum absolute atomic E-state index is 0. The van der Waals surface area contributed by atoms with Crippen LogP contribution in [0.1, 0.15) is 37.5 Å². The lowest BCUT2D eigenvalue weighted by Crippen LogP contribution is -2.43. The molecule has 0 unspecified atom stereocenters. The number of aliphatic imine (C=N–C) groups is 1. The molecule has 0 aliphatic rings. The summed E-state index contributed by atoms with van der Waals surface area (Å²) in [5, 5.41) is 6.70. The van der Waals surface area contributed by atoms with E-state index in [9.17, 15) is 8.42 Å². The van der Waals surface area contributed by atoms with Gasteiger partial charge < -0.3 is 10.6 Å². The van der Waals surface area contributed by atoms with Crippen LogP contribution in [-0.4, -0.2) is 34.5 Å². The second-order valence-corrected chi connectivity index (χ2v) is 9.51. The van der Waals surface area contributed by atoms with Gasteiger partial charge in [0, 0.05) is 18.5 Å². The number of halogens is 1. The van der Waals surface area contributed by atoms with Crippen molar-refractivity contribution in [2.45, 2.75) is 38.5 Å². The molecule has 3 N–H and O–H groups in total. The molecule has 2 rings (SSSR count). The number of guanidine groups is 1. The first-order chi connectivity index (χ1) is 13.8. The standard InChI is InChI=1S/C22H32N4O2S.HI/c1-5-24-21(26-17-22(2,3)20-12-7-6-8-13-20)25-15-18-10-9-11-19(14-18)16-29(27,28)23-4;/h6-14,23H,5,15-17H2,1-4H3,(H2,24,25,26);1H. The Balaban J connectivity index is 0.00000450. The maximum Gasteiger partial charge on any atom is 0.215 e. The van der Waals surface area contributed by atoms with Gasteiger partial charge in [-0.1, -0.05) is 68.4 Å². The van der Waals surface area contributed by atoms with E-state index in [1.807, 2.05) is 37.3 Å². The molecule has 0 aromatic heterocycles. The Hall–Kier alpha value is -1.65. The normalized spacial score (nSPS) is 12.2. The van der Waals surface area contributed by atoms with E-state index in [0.29, 0.717) is 6.54 Å². The monoisotopic (exact) mass is 544 g/mol. The largest absolute Gasteiger partial charge is 0.357 e. The summed E-state index contributed by atoms with van der Waals surface area (Å²) in [7, 11) is -1.87. The van der Waals surface area contributed by atoms with E-state index in [2.05, 4.69) is 58.5 Å². The van der Waals surface area contributed by atoms with Crippen molar-refractivity contribution in [2.24, 2.45) is 4.99 Å². The minimum Gasteiger partial charge on any atom is -0.357 e. The van der Waals surface area contributed by atoms with Crippen LogP contribution in [0.5, 0.6) is 0 Å². The number of benzene rings is 2. The van der Waals surface area contributed by atoms with Crippen LogP contribution in [0.3, 0.4) is 0 Å². The van der Waals surface area contributed by atoms with Crippen molar-refractivity contribution in [2.75, 3.05) is 20.1 Å². The lowest BCUT2D eigenvalue weighted by atomic mass is 9.85. The van der Waals surface area contributed by atoms with Crippen molar-refractivity contribution in [3.63, 3.8) is 0 Å². The molecule has 0 aliphatic carbocycles. The Morgan fingerprint density at radius 1 is 1.00 bits per heavy atom. The predicted molar refractivity (Wildman–Crippen MR) is 136 cm³/mol. The summed E-state index contributed by atoms with van der Waals surface area (Å²) < 4.78 is 25.9. The molecule has 2 aromatic carbocycles. The third kappa shape index (κ3) is 8.61. The second-order valence-electron chi connectivity index (χ2n) is 7.58. The van der Waals surface area contributed by atoms with Crippen molar-refractivity contribution < 1.29 is 8.42 Å². The number of nitrogens with one attached hydrogen (secondary N) is 3. The minimum atomic E-state index is -3.29. The van der Waals surface area contributed by atoms with E-state index in [0.717, 1.165) is 30.2 Å². The van der Waals surface area contributed by atoms with Crippen molar-refractivity contribution in [1.82, 2.24) is 15.4 Å². The van der Waals surface area contributed by atoms with Gasteiger partial charge in [0.1, 0.15) is 0 Å². The molecule has 6 nitrogen and oxygen atoms in total. The van der Waals surface area contributed by atoms with Crippen LogP contribution in [0, 0.1) is 0 Å². The number of rotatable bonds is 9. The van der Waals surface area contributed by atoms with Crippen LogP contribution < -0.4 is 15.4 Å². The lowest BCUT2D eigenvalue weighted by Gasteiger charge is -2.26. The van der Waals surface area contributed by atoms with Crippen molar-refractivity contribution in [3.05, 3.63) is 71.3 Å². The second kappa shape index (κ2) is 12.3. The van der Waals surface area contributed by atoms with Crippen LogP contribution in [-0.2, 0) is 27.7 Å². The molecule has 0 amide bonds. The van der Waals surface area contributed by atoms with Crippen LogP contribution in [0.15, 0.2) is 59.6 Å². The maximum atomic E-state index is 11.8. The molecule has 0 spiro atoms. The first-order valence-electron chi connectivity index (χ1n) is 9.82. The molecule has 0 atom stereocenters. The van der Waals surface area contributed by atoms with Gasteiger partial charge in [-0.05, 0) is 30.7 Å². The topological polar surface area (TPSA) is 82.6 Å². The molecule has 0 fully saturated rings. The van der Waals surface area contributed by atoms with Crippen LogP contribution in [0.2, 0.25) is 0 Å². The predicted octanol–water partition coefficient (Wildman–Crippen LogP) is 3.39. The van der Waals surface area contributed by atoms with Gasteiger partial charge in [-0.2, -0.15) is 0 Å². The molecule has 2 aromatic rings. The van der Waals surface area contributed by atoms with Gasteiger partial charge in [0.2, 0.25) is 10.0 Å². The molecule has 0 bridgehead atoms. The van der Waals surface area contributed by atoms with Crippen molar-refractivity contribution >= 4 is 40.0 Å². The third-order valence-electron chi connectivity index (χ3n) is 4.68. The number of nitrogens with zero attached hydrogens (tertiary/aromatic N) is 1. The fraction of sp³-hybridized carbons (Fsp3) is 0.409. The molecule has 0 saturated carbocycles. The summed E-state index contributed by atoms with van der Waals surface area (Å²) in [6.07, 6.45) is 0. The van der Waals surface area contributed by atoms with Gasteiger partial charge in [-0.3, -0.25) is 0 Å². The average Bonchev–Trinajstić information content (AvgIpc) is 2.71. The van der Waals surface area contributed by atoms with E-state index in [1.54, 1.807) is 0 Å². The van der Waals surface area contributed by atoms with Crippen LogP contribution >= 0.6 is 24.0 Å². The van der Waals surface area contributed by atoms with E-state index in [-0.39, 0.29) is 35.1 Å². The van der Waals surface area contributed by atoms with Crippen molar-refractivity contribution in [1.29, 1.82) is 0 Å². The first-order valence-corrected chi connectivity index (χ1v) is 11.5. The Labute approximate surface area is 198 Å². The van der Waals surface area contributed by atoms with Crippen LogP contribution in [0.25, 0.3) is 0 Å². The quantitative estimate of drug-likeness (QED) is 0.257. The van der Waals surface area contributed by atoms with Gasteiger partial charge >= 0.3 is 0 Å². The summed E-state index contributed by atoms with van der Waals surface area (Å²) in [6, 6.07) is 17.9. The Kier molecular flexibility index (Phi) is 10.8. The molecule has 0 saturated heterocycles. The molecule has 166 valence electrons. The Morgan fingerprint density at radius 2 is 1.67 bits per heavy atom. The first kappa shape index (κ1) is 26.4. The zero-order valence-corrected chi connectivity index (χ0v) is 21.3. The summed E-state index contributed by atoms with van der Waals surface area (Å²) in [5.74, 6) is 0.703. The molecule has 8 heteroatoms. The highest BCUT2D eigenvalue weighted by atomic mass is 127. The number of hydrogen-bond donors (Lipinski definition) is 3. The highest BCUT2D eigenvalue weighted by Gasteiger charge is 2.20. The van der Waals surface area contributed by atoms with Gasteiger partial charge in [0.05, 0.1) is 12.3 Å². The van der Waals surface area contributed by atoms with Crippen molar-refractivity contribution in [3.8, 4) is 0 Å². The molecule has 0 aliphatic heterocycles. The highest BCUT2D eigenvalue weighted by Crippen LogP contribution is 2.21. The van der Waals surface area contributed by atoms with Gasteiger partial charge in [0.15, 0.2) is 5.96 Å². The summed E-state index contributed by atoms with van der Waals surface area (Å²) in [4.78, 5) is 4.67. The lowest BCUT2D eigenvalue weighted by molar-refractivity contribution is 0.508. The Morgan fingerprint density at radius 3 is 2.30 bits per heavy atom. The fourth-order valence-electron chi connectivity index (χ4n) is 2.92. The van der Waals surface area contributed by atoms with E-state index >= 15 is 0 Å². The smallest absolute Gasteiger partial charge is 0.215 e. The average molecular weight is 545 g/mol. The molecule has 0 heterocycles. The number of sulfonamides is 1. The highest BCUT2D eigenvalue weighted by molar-refractivity contribution is 14.0. The number of hydrogen-bond acceptors (Lipinski definition) is 3. The SMILES string of the molecule is CCNC(=NCc1cccc(CS(=O)(=O)NC)c1)NCC(C)(C)c1ccccc1.I. The Bertz CT molecular complexity index is 916. The summed E-state index contributed by atoms with van der Waals surface area (Å²) in [5.41, 5.74) is 2.93. The molecular weight excluding hydrogens is 511 g/mol. The van der Waals surface area contributed by atoms with Crippen LogP contribution in [0.4, 0.5) is 0 Å². The zero-order valence-electron chi connectivity index (χ0n) is 18.1. The molecule has 0 radical (unpaired) electrons. The third-order valence-corrected chi connectivity index (χ3v) is 6.01. The van der Waals surface area contributed by atoms with E-state index < -0.39 is 10.0 Å². The summed E-state index contributed by atoms with van der Waals surface area (Å²) in [6.45, 7) is 8.40. The van der Waals surface area contributed by atoms with Gasteiger partial charge in [0.25, 0.3) is 0 Å².